The molecule has 1 N–H and O–H groups in total. The highest BCUT2D eigenvalue weighted by Gasteiger charge is 2.32. The average Bonchev–Trinajstić information content (AvgIpc) is 3.42. The van der Waals surface area contributed by atoms with E-state index < -0.39 is 0 Å². The highest BCUT2D eigenvalue weighted by molar-refractivity contribution is 5.79. The zero-order valence-electron chi connectivity index (χ0n) is 21.9. The maximum atomic E-state index is 13.0. The van der Waals surface area contributed by atoms with Gasteiger partial charge in [0.25, 0.3) is 0 Å². The summed E-state index contributed by atoms with van der Waals surface area (Å²) in [5.41, 5.74) is 1.80. The van der Waals surface area contributed by atoms with Crippen LogP contribution in [0.15, 0.2) is 49.1 Å². The second-order valence-corrected chi connectivity index (χ2v) is 9.75. The number of piperazine rings is 1. The van der Waals surface area contributed by atoms with Gasteiger partial charge in [0.1, 0.15) is 17.9 Å². The Morgan fingerprint density at radius 2 is 1.95 bits per heavy atom. The molecule has 3 heterocycles. The van der Waals surface area contributed by atoms with Gasteiger partial charge in [-0.2, -0.15) is 4.98 Å². The van der Waals surface area contributed by atoms with E-state index in [9.17, 15) is 9.59 Å². The van der Waals surface area contributed by atoms with Gasteiger partial charge in [-0.05, 0) is 30.5 Å². The molecule has 196 valence electrons. The predicted molar refractivity (Wildman–Crippen MR) is 141 cm³/mol. The fourth-order valence-electron chi connectivity index (χ4n) is 4.44. The van der Waals surface area contributed by atoms with Crippen molar-refractivity contribution in [2.45, 2.75) is 46.2 Å². The number of carbonyl (C=O) groups is 2. The van der Waals surface area contributed by atoms with Crippen LogP contribution >= 0.6 is 0 Å². The molecule has 0 spiro atoms. The molecule has 0 saturated carbocycles. The minimum atomic E-state index is -0.217. The Labute approximate surface area is 217 Å². The summed E-state index contributed by atoms with van der Waals surface area (Å²) in [4.78, 5) is 43.3. The lowest BCUT2D eigenvalue weighted by atomic mass is 10.0. The second-order valence-electron chi connectivity index (χ2n) is 9.75. The molecule has 10 heteroatoms. The number of aryl methyl sites for hydroxylation is 1. The minimum absolute atomic E-state index is 0.0791. The summed E-state index contributed by atoms with van der Waals surface area (Å²) in [6.07, 6.45) is 5.87. The summed E-state index contributed by atoms with van der Waals surface area (Å²) in [5.74, 6) is 2.35. The molecule has 0 radical (unpaired) electrons. The maximum absolute atomic E-state index is 13.0. The van der Waals surface area contributed by atoms with E-state index in [1.54, 1.807) is 30.4 Å². The van der Waals surface area contributed by atoms with Crippen LogP contribution in [-0.2, 0) is 16.1 Å². The van der Waals surface area contributed by atoms with Gasteiger partial charge >= 0.3 is 0 Å². The first-order valence-corrected chi connectivity index (χ1v) is 12.6. The van der Waals surface area contributed by atoms with Crippen LogP contribution < -0.4 is 15.0 Å². The van der Waals surface area contributed by atoms with E-state index in [-0.39, 0.29) is 30.2 Å². The van der Waals surface area contributed by atoms with Gasteiger partial charge in [0, 0.05) is 63.2 Å². The number of nitrogens with zero attached hydrogens (tertiary/aromatic N) is 6. The van der Waals surface area contributed by atoms with E-state index in [0.29, 0.717) is 38.5 Å². The third-order valence-electron chi connectivity index (χ3n) is 6.35. The van der Waals surface area contributed by atoms with Crippen LogP contribution in [0.1, 0.15) is 37.9 Å². The highest BCUT2D eigenvalue weighted by atomic mass is 16.5. The van der Waals surface area contributed by atoms with Gasteiger partial charge in [0.15, 0.2) is 0 Å². The Kier molecular flexibility index (Phi) is 8.37. The summed E-state index contributed by atoms with van der Waals surface area (Å²) >= 11 is 0. The van der Waals surface area contributed by atoms with Crippen molar-refractivity contribution in [2.24, 2.45) is 5.92 Å². The number of nitrogens with one attached hydrogen (secondary N) is 1. The van der Waals surface area contributed by atoms with E-state index in [1.807, 2.05) is 56.0 Å². The molecule has 4 rings (SSSR count). The molecule has 1 unspecified atom stereocenters. The van der Waals surface area contributed by atoms with E-state index in [1.165, 1.54) is 0 Å². The van der Waals surface area contributed by atoms with Crippen molar-refractivity contribution in [3.05, 3.63) is 60.3 Å². The van der Waals surface area contributed by atoms with Crippen molar-refractivity contribution >= 4 is 17.6 Å². The number of aromatic nitrogens is 4. The SMILES string of the molecule is COc1ccc(CNC(=O)CC2CN(C(=O)CC(C)C)CCN2c2cc(C)nc(-n3ccnc3)n2)cc1. The average molecular weight is 506 g/mol. The normalized spacial score (nSPS) is 15.6. The number of amides is 2. The molecule has 2 amide bonds. The van der Waals surface area contributed by atoms with Crippen LogP contribution in [0.5, 0.6) is 5.75 Å². The molecule has 10 nitrogen and oxygen atoms in total. The number of ether oxygens (including phenoxy) is 1. The molecule has 1 fully saturated rings. The molecule has 1 aliphatic heterocycles. The van der Waals surface area contributed by atoms with E-state index in [0.717, 1.165) is 22.8 Å². The smallest absolute Gasteiger partial charge is 0.237 e. The fourth-order valence-corrected chi connectivity index (χ4v) is 4.44. The van der Waals surface area contributed by atoms with E-state index in [2.05, 4.69) is 20.2 Å². The third-order valence-corrected chi connectivity index (χ3v) is 6.35. The number of carbonyl (C=O) groups excluding carboxylic acids is 2. The van der Waals surface area contributed by atoms with Gasteiger partial charge in [-0.25, -0.2) is 9.97 Å². The Morgan fingerprint density at radius 3 is 2.62 bits per heavy atom. The van der Waals surface area contributed by atoms with Gasteiger partial charge in [0.2, 0.25) is 17.8 Å². The Morgan fingerprint density at radius 1 is 1.16 bits per heavy atom. The lowest BCUT2D eigenvalue weighted by Gasteiger charge is -2.42. The topological polar surface area (TPSA) is 105 Å². The molecule has 37 heavy (non-hydrogen) atoms. The highest BCUT2D eigenvalue weighted by Crippen LogP contribution is 2.23. The number of benzene rings is 1. The zero-order chi connectivity index (χ0) is 26.4. The van der Waals surface area contributed by atoms with Crippen molar-refractivity contribution in [1.29, 1.82) is 0 Å². The first kappa shape index (κ1) is 26.1. The van der Waals surface area contributed by atoms with Crippen LogP contribution in [0.25, 0.3) is 5.95 Å². The summed E-state index contributed by atoms with van der Waals surface area (Å²) < 4.78 is 6.96. The summed E-state index contributed by atoms with van der Waals surface area (Å²) in [6, 6.07) is 9.31. The molecule has 1 atom stereocenters. The van der Waals surface area contributed by atoms with Crippen molar-refractivity contribution in [3.63, 3.8) is 0 Å². The Hall–Kier alpha value is -3.95. The monoisotopic (exact) mass is 505 g/mol. The number of imidazole rings is 1. The van der Waals surface area contributed by atoms with Crippen LogP contribution in [0, 0.1) is 12.8 Å². The van der Waals surface area contributed by atoms with Crippen LogP contribution in [0.4, 0.5) is 5.82 Å². The van der Waals surface area contributed by atoms with Crippen LogP contribution in [-0.4, -0.2) is 69.0 Å². The standard InChI is InChI=1S/C27H35N7O3/c1-19(2)13-26(36)32-11-12-34(24-14-20(3)30-27(31-24)33-10-9-28-18-33)22(17-32)15-25(35)29-16-21-5-7-23(37-4)8-6-21/h5-10,14,18-19,22H,11-13,15-17H2,1-4H3,(H,29,35). The van der Waals surface area contributed by atoms with E-state index in [4.69, 9.17) is 9.72 Å². The van der Waals surface area contributed by atoms with Gasteiger partial charge in [0.05, 0.1) is 13.2 Å². The first-order valence-electron chi connectivity index (χ1n) is 12.6. The van der Waals surface area contributed by atoms with Crippen molar-refractivity contribution in [1.82, 2.24) is 29.7 Å². The fraction of sp³-hybridized carbons (Fsp3) is 0.444. The van der Waals surface area contributed by atoms with E-state index >= 15 is 0 Å². The molecule has 1 saturated heterocycles. The molecule has 3 aromatic rings. The van der Waals surface area contributed by atoms with Crippen molar-refractivity contribution in [2.75, 3.05) is 31.6 Å². The predicted octanol–water partition coefficient (Wildman–Crippen LogP) is 2.75. The Bertz CT molecular complexity index is 1200. The number of hydrogen-bond donors (Lipinski definition) is 1. The number of hydrogen-bond acceptors (Lipinski definition) is 7. The summed E-state index contributed by atoms with van der Waals surface area (Å²) in [5, 5.41) is 3.02. The largest absolute Gasteiger partial charge is 0.497 e. The lowest BCUT2D eigenvalue weighted by Crippen LogP contribution is -2.56. The molecule has 0 aliphatic carbocycles. The number of methoxy groups -OCH3 is 1. The zero-order valence-corrected chi connectivity index (χ0v) is 21.9. The van der Waals surface area contributed by atoms with Crippen LogP contribution in [0.3, 0.4) is 0 Å². The van der Waals surface area contributed by atoms with Crippen LogP contribution in [0.2, 0.25) is 0 Å². The van der Waals surface area contributed by atoms with Crippen molar-refractivity contribution in [3.8, 4) is 11.7 Å². The third kappa shape index (κ3) is 6.84. The molecular formula is C27H35N7O3. The van der Waals surface area contributed by atoms with Gasteiger partial charge in [-0.15, -0.1) is 0 Å². The summed E-state index contributed by atoms with van der Waals surface area (Å²) in [7, 11) is 1.62. The lowest BCUT2D eigenvalue weighted by molar-refractivity contribution is -0.133. The second kappa shape index (κ2) is 11.9. The van der Waals surface area contributed by atoms with Crippen molar-refractivity contribution < 1.29 is 14.3 Å². The summed E-state index contributed by atoms with van der Waals surface area (Å²) in [6.45, 7) is 8.05. The van der Waals surface area contributed by atoms with Gasteiger partial charge in [-0.3, -0.25) is 14.2 Å². The van der Waals surface area contributed by atoms with Gasteiger partial charge < -0.3 is 19.9 Å². The molecule has 2 aromatic heterocycles. The van der Waals surface area contributed by atoms with Gasteiger partial charge in [-0.1, -0.05) is 26.0 Å². The molecule has 0 bridgehead atoms. The number of anilines is 1. The first-order chi connectivity index (χ1) is 17.8. The molecule has 1 aromatic carbocycles. The molecular weight excluding hydrogens is 470 g/mol. The molecule has 1 aliphatic rings. The quantitative estimate of drug-likeness (QED) is 0.477. The number of rotatable bonds is 9. The Balaban J connectivity index is 1.51. The maximum Gasteiger partial charge on any atom is 0.237 e. The minimum Gasteiger partial charge on any atom is -0.497 e.